The lowest BCUT2D eigenvalue weighted by Gasteiger charge is -2.44. The van der Waals surface area contributed by atoms with Crippen LogP contribution in [-0.2, 0) is 95.9 Å². The maximum absolute atomic E-state index is 13.3. The van der Waals surface area contributed by atoms with Gasteiger partial charge in [-0.2, -0.15) is 0 Å². The highest BCUT2D eigenvalue weighted by Gasteiger charge is 2.45. The minimum Gasteiger partial charge on any atom is -0.480 e. The summed E-state index contributed by atoms with van der Waals surface area (Å²) in [5.74, 6) is -20.5. The molecule has 135 heavy (non-hydrogen) atoms. The Morgan fingerprint density at radius 1 is 0.178 bits per heavy atom. The van der Waals surface area contributed by atoms with Crippen molar-refractivity contribution in [1.29, 1.82) is 0 Å². The van der Waals surface area contributed by atoms with E-state index >= 15 is 0 Å². The molecule has 0 heterocycles. The number of nitrogens with zero attached hydrogens (tertiary/aromatic N) is 10. The fourth-order valence-corrected chi connectivity index (χ4v) is 20.1. The van der Waals surface area contributed by atoms with Crippen molar-refractivity contribution in [3.63, 3.8) is 0 Å². The van der Waals surface area contributed by atoms with Crippen LogP contribution in [0.2, 0.25) is 0 Å². The normalized spacial score (nSPS) is 23.6. The molecule has 51 nitrogen and oxygen atoms in total. The molecule has 7 fully saturated rings. The van der Waals surface area contributed by atoms with Crippen molar-refractivity contribution >= 4 is 119 Å². The Morgan fingerprint density at radius 2 is 0.296 bits per heavy atom. The molecule has 0 aromatic rings. The molecule has 0 radical (unpaired) electrons. The lowest BCUT2D eigenvalue weighted by atomic mass is 9.87. The van der Waals surface area contributed by atoms with Crippen LogP contribution in [0.1, 0.15) is 180 Å². The highest BCUT2D eigenvalue weighted by molar-refractivity contribution is 5.83. The minimum atomic E-state index is -1.25. The molecule has 10 atom stereocenters. The summed E-state index contributed by atoms with van der Waals surface area (Å²) in [6.45, 7) is -9.57. The predicted octanol–water partition coefficient (Wildman–Crippen LogP) is -4.03. The molecule has 0 saturated heterocycles. The van der Waals surface area contributed by atoms with Crippen LogP contribution in [0.5, 0.6) is 0 Å². The molecule has 0 aromatic heterocycles. The second-order valence-corrected chi connectivity index (χ2v) is 35.6. The molecule has 5 amide bonds. The topological polar surface area (TPSA) is 763 Å². The third-order valence-electron chi connectivity index (χ3n) is 25.3. The molecule has 0 unspecified atom stereocenters. The van der Waals surface area contributed by atoms with Gasteiger partial charge in [-0.25, -0.2) is 0 Å². The van der Waals surface area contributed by atoms with E-state index in [9.17, 15) is 172 Å². The van der Waals surface area contributed by atoms with E-state index in [2.05, 4.69) is 26.6 Å². The van der Waals surface area contributed by atoms with Gasteiger partial charge in [0.15, 0.2) is 0 Å². The average Bonchev–Trinajstić information content (AvgIpc) is 0.832. The van der Waals surface area contributed by atoms with Gasteiger partial charge in [-0.15, -0.1) is 0 Å². The van der Waals surface area contributed by atoms with Gasteiger partial charge in [0, 0.05) is 97.7 Å². The van der Waals surface area contributed by atoms with Crippen molar-refractivity contribution in [2.24, 2.45) is 5.73 Å². The third-order valence-corrected chi connectivity index (χ3v) is 25.3. The van der Waals surface area contributed by atoms with Crippen LogP contribution in [0.15, 0.2) is 0 Å². The zero-order valence-corrected chi connectivity index (χ0v) is 75.9. The zero-order valence-electron chi connectivity index (χ0n) is 75.9. The Morgan fingerprint density at radius 3 is 0.430 bits per heavy atom. The number of carboxylic acids is 15. The number of hydrogen-bond acceptors (Lipinski definition) is 31. The van der Waals surface area contributed by atoms with Crippen molar-refractivity contribution in [3.8, 4) is 0 Å². The van der Waals surface area contributed by atoms with Gasteiger partial charge in [-0.05, 0) is 116 Å². The first-order valence-corrected chi connectivity index (χ1v) is 45.6. The second-order valence-electron chi connectivity index (χ2n) is 35.6. The molecule has 0 aliphatic heterocycles. The summed E-state index contributed by atoms with van der Waals surface area (Å²) in [6.07, 6.45) is 16.7. The van der Waals surface area contributed by atoms with E-state index in [-0.39, 0.29) is 69.3 Å². The first-order chi connectivity index (χ1) is 63.7. The largest absolute Gasteiger partial charge is 0.480 e. The zero-order chi connectivity index (χ0) is 100. The molecular weight excluding hydrogens is 1790 g/mol. The number of carbonyl (C=O) groups is 20. The molecule has 51 heteroatoms. The molecule has 7 saturated carbocycles. The second kappa shape index (κ2) is 59.1. The Hall–Kier alpha value is -11.0. The van der Waals surface area contributed by atoms with E-state index in [0.29, 0.717) is 141 Å². The van der Waals surface area contributed by atoms with Gasteiger partial charge in [0.05, 0.1) is 131 Å². The molecule has 7 aliphatic carbocycles. The maximum atomic E-state index is 13.3. The van der Waals surface area contributed by atoms with Crippen molar-refractivity contribution in [2.75, 3.05) is 144 Å². The van der Waals surface area contributed by atoms with Gasteiger partial charge >= 0.3 is 89.5 Å². The van der Waals surface area contributed by atoms with Crippen molar-refractivity contribution in [3.05, 3.63) is 0 Å². The quantitative estimate of drug-likeness (QED) is 0.0258. The van der Waals surface area contributed by atoms with Gasteiger partial charge in [0.25, 0.3) is 0 Å². The average molecular weight is 1930 g/mol. The van der Waals surface area contributed by atoms with Crippen LogP contribution < -0.4 is 32.3 Å². The lowest BCUT2D eigenvalue weighted by Crippen LogP contribution is -2.58. The Kier molecular flexibility index (Phi) is 50.1. The first-order valence-electron chi connectivity index (χ1n) is 45.6. The van der Waals surface area contributed by atoms with Crippen LogP contribution in [0.4, 0.5) is 0 Å². The predicted molar refractivity (Wildman–Crippen MR) is 467 cm³/mol. The molecule has 0 bridgehead atoms. The summed E-state index contributed by atoms with van der Waals surface area (Å²) in [5.41, 5.74) is 5.90. The van der Waals surface area contributed by atoms with Gasteiger partial charge in [-0.1, -0.05) is 64.2 Å². The monoisotopic (exact) mass is 1930 g/mol. The van der Waals surface area contributed by atoms with Crippen LogP contribution in [0.3, 0.4) is 0 Å². The van der Waals surface area contributed by atoms with E-state index in [1.165, 1.54) is 44.1 Å². The molecule has 22 N–H and O–H groups in total. The third kappa shape index (κ3) is 43.7. The van der Waals surface area contributed by atoms with Crippen LogP contribution in [0, 0.1) is 0 Å². The standard InChI is InChI=1S/C34H54N6O14.C30H48N6O14.C20H34N4O7/c41-27(13-37(15-29(43)44)23-5-1-3-7-25(23)39(17-31(47)48)18-32(49)50)35-21-9-11-22(12-10-21)36-28(42)14-38(16-30(45)46)24-6-2-4-8-26(24)40(19-33(51)52)20-34(53)54;37-23(11-33(13-25(39)40)19-5-1-3-7-21(19)35(15-27(43)44)16-28(45)46)31-9-10-32-24(38)12-34(14-26(41)42)20-6-2-4-8-22(20)36(17-29(47)48)18-30(49)50;21-13-5-7-14(8-6-13)22-17(25)9-23(10-18(26)27)15-3-1-2-4-16(15)24(11-19(28)29)12-20(30)31/h21-26H,1-20H2,(H,35,41)(H,36,42)(H,43,44)(H,45,46)(H,47,48)(H,49,50)(H,51,52)(H,53,54);19-22H,1-18H2,(H,31,37)(H,32,38)(H,39,40)(H,41,42)(H,43,44)(H,45,46)(H,47,48)(H,49,50);13-16H,1-12,21H2,(H,22,25)(H,26,27)(H,28,29)(H,30,31)/t21?,22?,23-,24-,25-,26-;19-,20-,21-,22-;13?,14?,15-,16-/m111/s1. The summed E-state index contributed by atoms with van der Waals surface area (Å²) in [7, 11) is 0. The smallest absolute Gasteiger partial charge is 0.317 e. The number of amides is 5. The fraction of sp³-hybridized carbons (Fsp3) is 0.762. The summed E-state index contributed by atoms with van der Waals surface area (Å²) in [5, 5.41) is 155. The van der Waals surface area contributed by atoms with Gasteiger partial charge in [0.2, 0.25) is 29.5 Å². The molecule has 7 rings (SSSR count). The van der Waals surface area contributed by atoms with Crippen molar-refractivity contribution in [2.45, 2.75) is 264 Å². The SMILES string of the molecule is NC1CCC(NC(=O)CN(CC(=O)O)[C@@H]2CCCC[C@H]2N(CC(=O)O)CC(=O)O)CC1.O=C(O)CN(CC(=O)O)[C@@H]1CCCC[C@H]1N(CC(=O)O)CC(=O)NC1CCC(NC(=O)CN(CC(=O)O)[C@@H]2CCCC[C@H]2N(CC(=O)O)CC(=O)O)CC1.O=C(O)CN(CC(=O)O)[C@@H]1CCCC[C@H]1N(CC(=O)O)CC(=O)NCCNC(=O)CN(CC(=O)O)[C@@H]1CCCC[C@H]1N(CC(=O)O)CC(=O)O. The van der Waals surface area contributed by atoms with Crippen LogP contribution in [-0.4, -0.2) is 473 Å². The Bertz CT molecular complexity index is 3730. The van der Waals surface area contributed by atoms with E-state index in [1.54, 1.807) is 4.90 Å². The van der Waals surface area contributed by atoms with E-state index in [0.717, 1.165) is 38.5 Å². The number of carboxylic acid groups (broad SMARTS) is 15. The van der Waals surface area contributed by atoms with Gasteiger partial charge in [-0.3, -0.25) is 145 Å². The number of nitrogens with two attached hydrogens (primary N) is 1. The molecule has 0 aromatic carbocycles. The first kappa shape index (κ1) is 114. The molecule has 762 valence electrons. The minimum absolute atomic E-state index is 0.0108. The number of rotatable bonds is 56. The van der Waals surface area contributed by atoms with E-state index in [1.807, 2.05) is 0 Å². The Balaban J connectivity index is 0.000000370. The summed E-state index contributed by atoms with van der Waals surface area (Å²) < 4.78 is 0. The van der Waals surface area contributed by atoms with Gasteiger partial charge < -0.3 is 109 Å². The summed E-state index contributed by atoms with van der Waals surface area (Å²) >= 11 is 0. The molecule has 7 aliphatic rings. The summed E-state index contributed by atoms with van der Waals surface area (Å²) in [6, 6.07) is -6.06. The lowest BCUT2D eigenvalue weighted by molar-refractivity contribution is -0.147. The highest BCUT2D eigenvalue weighted by atomic mass is 16.4. The van der Waals surface area contributed by atoms with E-state index in [4.69, 9.17) is 5.73 Å². The van der Waals surface area contributed by atoms with Crippen LogP contribution >= 0.6 is 0 Å². The van der Waals surface area contributed by atoms with Gasteiger partial charge in [0.1, 0.15) is 0 Å². The maximum Gasteiger partial charge on any atom is 0.317 e. The number of hydrogen-bond donors (Lipinski definition) is 21. The van der Waals surface area contributed by atoms with Crippen LogP contribution in [0.25, 0.3) is 0 Å². The van der Waals surface area contributed by atoms with E-state index < -0.39 is 278 Å². The van der Waals surface area contributed by atoms with Crippen molar-refractivity contribution < 1.29 is 172 Å². The highest BCUT2D eigenvalue weighted by Crippen LogP contribution is 2.34. The summed E-state index contributed by atoms with van der Waals surface area (Å²) in [4.78, 5) is 252. The molecule has 0 spiro atoms. The number of aliphatic carboxylic acids is 15. The number of nitrogens with one attached hydrogen (secondary N) is 5. The number of carbonyl (C=O) groups excluding carboxylic acids is 5. The fourth-order valence-electron chi connectivity index (χ4n) is 20.1. The Labute approximate surface area is 778 Å². The molecular formula is C84H136N16O35. The van der Waals surface area contributed by atoms with Crippen molar-refractivity contribution in [1.82, 2.24) is 75.6 Å².